The van der Waals surface area contributed by atoms with Crippen LogP contribution in [0.3, 0.4) is 0 Å². The van der Waals surface area contributed by atoms with Gasteiger partial charge in [-0.05, 0) is 72.3 Å². The Morgan fingerprint density at radius 3 is 2.44 bits per heavy atom. The Hall–Kier alpha value is -4.12. The lowest BCUT2D eigenvalue weighted by molar-refractivity contribution is 0.0919. The van der Waals surface area contributed by atoms with Crippen molar-refractivity contribution in [3.63, 3.8) is 0 Å². The van der Waals surface area contributed by atoms with Crippen molar-refractivity contribution < 1.29 is 19.0 Å². The van der Waals surface area contributed by atoms with Crippen LogP contribution in [0, 0.1) is 11.3 Å². The number of carbonyl (C=O) groups is 1. The number of aromatic nitrogens is 1. The summed E-state index contributed by atoms with van der Waals surface area (Å²) in [5.41, 5.74) is 3.39. The van der Waals surface area contributed by atoms with Gasteiger partial charge < -0.3 is 14.2 Å². The summed E-state index contributed by atoms with van der Waals surface area (Å²) in [5, 5.41) is 12.9. The molecule has 0 amide bonds. The second-order valence-corrected chi connectivity index (χ2v) is 8.86. The van der Waals surface area contributed by atoms with Crippen molar-refractivity contribution in [2.24, 2.45) is 0 Å². The Morgan fingerprint density at radius 2 is 1.78 bits per heavy atom. The summed E-state index contributed by atoms with van der Waals surface area (Å²) < 4.78 is 16.4. The summed E-state index contributed by atoms with van der Waals surface area (Å²) in [6, 6.07) is 21.7. The fourth-order valence-corrected chi connectivity index (χ4v) is 4.28. The molecule has 6 nitrogen and oxygen atoms in total. The van der Waals surface area contributed by atoms with Gasteiger partial charge in [-0.2, -0.15) is 5.26 Å². The second-order valence-electron chi connectivity index (χ2n) is 7.57. The highest BCUT2D eigenvalue weighted by Gasteiger charge is 2.13. The van der Waals surface area contributed by atoms with Gasteiger partial charge in [0.05, 0.1) is 25.5 Å². The topological polar surface area (TPSA) is 81.4 Å². The van der Waals surface area contributed by atoms with Gasteiger partial charge in [0.1, 0.15) is 16.8 Å². The molecule has 0 saturated heterocycles. The van der Waals surface area contributed by atoms with Crippen molar-refractivity contribution in [2.75, 3.05) is 20.8 Å². The Balaban J connectivity index is 1.50. The molecule has 0 atom stereocenters. The van der Waals surface area contributed by atoms with Crippen LogP contribution < -0.4 is 14.2 Å². The molecule has 0 saturated carbocycles. The van der Waals surface area contributed by atoms with E-state index in [1.165, 1.54) is 18.4 Å². The number of methoxy groups -OCH3 is 2. The maximum Gasteiger partial charge on any atom is 0.200 e. The van der Waals surface area contributed by atoms with Gasteiger partial charge in [0.15, 0.2) is 23.9 Å². The Bertz CT molecular complexity index is 1440. The first-order valence-corrected chi connectivity index (χ1v) is 12.1. The fourth-order valence-electron chi connectivity index (χ4n) is 3.36. The van der Waals surface area contributed by atoms with Gasteiger partial charge in [-0.1, -0.05) is 17.7 Å². The predicted octanol–water partition coefficient (Wildman–Crippen LogP) is 6.81. The number of hydrogen-bond acceptors (Lipinski definition) is 7. The highest BCUT2D eigenvalue weighted by Crippen LogP contribution is 2.32. The molecule has 0 aliphatic carbocycles. The maximum absolute atomic E-state index is 12.4. The minimum atomic E-state index is -0.180. The first-order valence-electron chi connectivity index (χ1n) is 10.8. The molecule has 36 heavy (non-hydrogen) atoms. The van der Waals surface area contributed by atoms with E-state index < -0.39 is 0 Å². The standard InChI is InChI=1S/C28H21ClN2O4S/c1-33-23-10-6-19(7-11-23)24-17-36-28(31-24)21(15-30)13-18-3-12-26(27(14-18)34-2)35-16-25(32)20-4-8-22(29)9-5-20/h3-14,17H,16H2,1-2H3/b21-13+. The number of carbonyl (C=O) groups excluding carboxylic acids is 1. The third-order valence-corrected chi connectivity index (χ3v) is 6.39. The zero-order valence-electron chi connectivity index (χ0n) is 19.5. The SMILES string of the molecule is COc1ccc(-c2csc(/C(C#N)=C/c3ccc(OCC(=O)c4ccc(Cl)cc4)c(OC)c3)n2)cc1. The summed E-state index contributed by atoms with van der Waals surface area (Å²) in [6.07, 6.45) is 1.74. The van der Waals surface area contributed by atoms with E-state index in [2.05, 4.69) is 11.1 Å². The number of halogens is 1. The summed E-state index contributed by atoms with van der Waals surface area (Å²) in [5.74, 6) is 1.46. The van der Waals surface area contributed by atoms with Gasteiger partial charge in [-0.3, -0.25) is 4.79 Å². The largest absolute Gasteiger partial charge is 0.497 e. The molecule has 0 radical (unpaired) electrons. The van der Waals surface area contributed by atoms with E-state index in [1.807, 2.05) is 29.6 Å². The average Bonchev–Trinajstić information content (AvgIpc) is 3.41. The van der Waals surface area contributed by atoms with Crippen molar-refractivity contribution in [3.05, 3.63) is 93.3 Å². The molecule has 0 spiro atoms. The molecule has 4 rings (SSSR count). The van der Waals surface area contributed by atoms with Crippen LogP contribution in [0.1, 0.15) is 20.9 Å². The summed E-state index contributed by atoms with van der Waals surface area (Å²) in [6.45, 7) is -0.149. The van der Waals surface area contributed by atoms with Gasteiger partial charge >= 0.3 is 0 Å². The van der Waals surface area contributed by atoms with E-state index >= 15 is 0 Å². The monoisotopic (exact) mass is 516 g/mol. The molecule has 1 aromatic heterocycles. The summed E-state index contributed by atoms with van der Waals surface area (Å²) in [4.78, 5) is 17.0. The lowest BCUT2D eigenvalue weighted by Crippen LogP contribution is -2.12. The second kappa shape index (κ2) is 11.5. The molecular formula is C28H21ClN2O4S. The lowest BCUT2D eigenvalue weighted by Gasteiger charge is -2.11. The minimum absolute atomic E-state index is 0.149. The molecule has 3 aromatic carbocycles. The minimum Gasteiger partial charge on any atom is -0.497 e. The zero-order chi connectivity index (χ0) is 25.5. The Morgan fingerprint density at radius 1 is 1.03 bits per heavy atom. The number of thiazole rings is 1. The zero-order valence-corrected chi connectivity index (χ0v) is 21.1. The molecule has 8 heteroatoms. The van der Waals surface area contributed by atoms with Crippen LogP contribution in [0.2, 0.25) is 5.02 Å². The van der Waals surface area contributed by atoms with E-state index in [1.54, 1.807) is 55.7 Å². The maximum atomic E-state index is 12.4. The molecule has 1 heterocycles. The number of ketones is 1. The van der Waals surface area contributed by atoms with Gasteiger partial charge in [0, 0.05) is 21.5 Å². The van der Waals surface area contributed by atoms with E-state index in [-0.39, 0.29) is 12.4 Å². The third kappa shape index (κ3) is 5.92. The van der Waals surface area contributed by atoms with Crippen LogP contribution in [0.4, 0.5) is 0 Å². The van der Waals surface area contributed by atoms with Gasteiger partial charge in [0.25, 0.3) is 0 Å². The first-order chi connectivity index (χ1) is 17.5. The smallest absolute Gasteiger partial charge is 0.200 e. The number of allylic oxidation sites excluding steroid dienone is 1. The number of ether oxygens (including phenoxy) is 3. The van der Waals surface area contributed by atoms with Crippen LogP contribution in [-0.4, -0.2) is 31.6 Å². The normalized spacial score (nSPS) is 11.0. The number of rotatable bonds is 9. The molecule has 0 aliphatic heterocycles. The van der Waals surface area contributed by atoms with Crippen molar-refractivity contribution in [1.29, 1.82) is 5.26 Å². The fraction of sp³-hybridized carbons (Fsp3) is 0.107. The molecule has 4 aromatic rings. The highest BCUT2D eigenvalue weighted by molar-refractivity contribution is 7.11. The van der Waals surface area contributed by atoms with Crippen molar-refractivity contribution in [1.82, 2.24) is 4.98 Å². The number of nitriles is 1. The number of hydrogen-bond donors (Lipinski definition) is 0. The molecule has 0 aliphatic rings. The molecule has 0 N–H and O–H groups in total. The Labute approximate surface area is 218 Å². The number of nitrogens with zero attached hydrogens (tertiary/aromatic N) is 2. The first kappa shape index (κ1) is 25.0. The Kier molecular flexibility index (Phi) is 8.01. The van der Waals surface area contributed by atoms with Crippen LogP contribution in [-0.2, 0) is 0 Å². The van der Waals surface area contributed by atoms with Crippen LogP contribution >= 0.6 is 22.9 Å². The van der Waals surface area contributed by atoms with Gasteiger partial charge in [-0.25, -0.2) is 4.98 Å². The van der Waals surface area contributed by atoms with Crippen molar-refractivity contribution >= 4 is 40.4 Å². The third-order valence-electron chi connectivity index (χ3n) is 5.26. The lowest BCUT2D eigenvalue weighted by atomic mass is 10.1. The number of benzene rings is 3. The van der Waals surface area contributed by atoms with Crippen LogP contribution in [0.25, 0.3) is 22.9 Å². The molecule has 0 bridgehead atoms. The predicted molar refractivity (Wildman–Crippen MR) is 142 cm³/mol. The molecular weight excluding hydrogens is 496 g/mol. The summed E-state index contributed by atoms with van der Waals surface area (Å²) >= 11 is 7.27. The van der Waals surface area contributed by atoms with Crippen molar-refractivity contribution in [3.8, 4) is 34.6 Å². The molecule has 180 valence electrons. The van der Waals surface area contributed by atoms with E-state index in [4.69, 9.17) is 25.8 Å². The van der Waals surface area contributed by atoms with Gasteiger partial charge in [-0.15, -0.1) is 11.3 Å². The van der Waals surface area contributed by atoms with Crippen LogP contribution in [0.5, 0.6) is 17.2 Å². The summed E-state index contributed by atoms with van der Waals surface area (Å²) in [7, 11) is 3.14. The van der Waals surface area contributed by atoms with E-state index in [0.29, 0.717) is 32.7 Å². The number of Topliss-reactive ketones (excluding diaryl/α,β-unsaturated/α-hetero) is 1. The quantitative estimate of drug-likeness (QED) is 0.179. The van der Waals surface area contributed by atoms with E-state index in [9.17, 15) is 10.1 Å². The molecule has 0 fully saturated rings. The highest BCUT2D eigenvalue weighted by atomic mass is 35.5. The van der Waals surface area contributed by atoms with Crippen molar-refractivity contribution in [2.45, 2.75) is 0 Å². The molecule has 0 unspecified atom stereocenters. The van der Waals surface area contributed by atoms with E-state index in [0.717, 1.165) is 22.6 Å². The van der Waals surface area contributed by atoms with Crippen LogP contribution in [0.15, 0.2) is 72.1 Å². The average molecular weight is 517 g/mol. The van der Waals surface area contributed by atoms with Gasteiger partial charge in [0.2, 0.25) is 0 Å².